The van der Waals surface area contributed by atoms with E-state index in [1.54, 1.807) is 7.11 Å². The van der Waals surface area contributed by atoms with Crippen molar-refractivity contribution in [1.82, 2.24) is 0 Å². The first kappa shape index (κ1) is 10.2. The van der Waals surface area contributed by atoms with Crippen molar-refractivity contribution >= 4 is 11.6 Å². The van der Waals surface area contributed by atoms with Gasteiger partial charge in [-0.1, -0.05) is 6.07 Å². The number of hydrogen-bond acceptors (Lipinski definition) is 2. The fourth-order valence-corrected chi connectivity index (χ4v) is 1.99. The van der Waals surface area contributed by atoms with Gasteiger partial charge in [-0.2, -0.15) is 0 Å². The third kappa shape index (κ3) is 1.88. The van der Waals surface area contributed by atoms with Gasteiger partial charge in [-0.15, -0.1) is 0 Å². The van der Waals surface area contributed by atoms with E-state index in [4.69, 9.17) is 4.74 Å². The highest BCUT2D eigenvalue weighted by Crippen LogP contribution is 2.28. The highest BCUT2D eigenvalue weighted by atomic mass is 16.5. The Balaban J connectivity index is 2.29. The normalized spacial score (nSPS) is 13.9. The van der Waals surface area contributed by atoms with E-state index >= 15 is 0 Å². The van der Waals surface area contributed by atoms with Gasteiger partial charge in [0, 0.05) is 12.8 Å². The van der Waals surface area contributed by atoms with Crippen molar-refractivity contribution in [3.05, 3.63) is 28.8 Å². The van der Waals surface area contributed by atoms with Gasteiger partial charge in [0.15, 0.2) is 0 Å². The molecule has 0 saturated heterocycles. The van der Waals surface area contributed by atoms with Crippen LogP contribution in [-0.4, -0.2) is 19.6 Å². The van der Waals surface area contributed by atoms with E-state index in [-0.39, 0.29) is 5.91 Å². The Morgan fingerprint density at radius 1 is 1.47 bits per heavy atom. The van der Waals surface area contributed by atoms with Gasteiger partial charge < -0.3 is 10.1 Å². The Morgan fingerprint density at radius 3 is 3.00 bits per heavy atom. The molecule has 3 heteroatoms. The molecule has 1 aliphatic rings. The second-order valence-corrected chi connectivity index (χ2v) is 3.84. The van der Waals surface area contributed by atoms with Gasteiger partial charge in [0.1, 0.15) is 0 Å². The summed E-state index contributed by atoms with van der Waals surface area (Å²) < 4.78 is 5.06. The minimum atomic E-state index is 0.0944. The van der Waals surface area contributed by atoms with Crippen LogP contribution in [0.2, 0.25) is 0 Å². The fourth-order valence-electron chi connectivity index (χ4n) is 1.99. The zero-order valence-electron chi connectivity index (χ0n) is 9.09. The molecule has 1 aliphatic heterocycles. The summed E-state index contributed by atoms with van der Waals surface area (Å²) in [7, 11) is 1.70. The van der Waals surface area contributed by atoms with Crippen LogP contribution in [-0.2, 0) is 22.4 Å². The van der Waals surface area contributed by atoms with Gasteiger partial charge >= 0.3 is 0 Å². The molecule has 0 aliphatic carbocycles. The number of benzene rings is 1. The van der Waals surface area contributed by atoms with Crippen LogP contribution in [0.15, 0.2) is 12.1 Å². The Labute approximate surface area is 89.4 Å². The van der Waals surface area contributed by atoms with Crippen molar-refractivity contribution < 1.29 is 9.53 Å². The number of fused-ring (bicyclic) bond motifs is 1. The molecule has 1 aromatic rings. The van der Waals surface area contributed by atoms with Crippen molar-refractivity contribution in [3.63, 3.8) is 0 Å². The summed E-state index contributed by atoms with van der Waals surface area (Å²) in [6.07, 6.45) is 1.42. The molecule has 3 nitrogen and oxygen atoms in total. The number of anilines is 1. The van der Waals surface area contributed by atoms with E-state index < -0.39 is 0 Å². The van der Waals surface area contributed by atoms with E-state index in [1.807, 2.05) is 6.07 Å². The van der Waals surface area contributed by atoms with Crippen LogP contribution in [0, 0.1) is 6.92 Å². The average Bonchev–Trinajstić information content (AvgIpc) is 2.59. The summed E-state index contributed by atoms with van der Waals surface area (Å²) in [6, 6.07) is 4.05. The number of ether oxygens (including phenoxy) is 1. The summed E-state index contributed by atoms with van der Waals surface area (Å²) in [5.41, 5.74) is 4.61. The van der Waals surface area contributed by atoms with Crippen molar-refractivity contribution in [3.8, 4) is 0 Å². The number of nitrogens with one attached hydrogen (secondary N) is 1. The molecule has 1 N–H and O–H groups in total. The summed E-state index contributed by atoms with van der Waals surface area (Å²) in [5.74, 6) is 0.0944. The lowest BCUT2D eigenvalue weighted by Gasteiger charge is -2.09. The maximum Gasteiger partial charge on any atom is 0.228 e. The molecule has 0 atom stereocenters. The van der Waals surface area contributed by atoms with Gasteiger partial charge in [0.2, 0.25) is 5.91 Å². The molecular weight excluding hydrogens is 190 g/mol. The monoisotopic (exact) mass is 205 g/mol. The molecule has 0 bridgehead atoms. The predicted molar refractivity (Wildman–Crippen MR) is 59.1 cm³/mol. The zero-order valence-corrected chi connectivity index (χ0v) is 9.09. The lowest BCUT2D eigenvalue weighted by atomic mass is 9.98. The van der Waals surface area contributed by atoms with E-state index in [0.717, 1.165) is 24.3 Å². The average molecular weight is 205 g/mol. The van der Waals surface area contributed by atoms with Crippen molar-refractivity contribution in [1.29, 1.82) is 0 Å². The number of carbonyl (C=O) groups excluding carboxylic acids is 1. The number of carbonyl (C=O) groups is 1. The molecule has 80 valence electrons. The lowest BCUT2D eigenvalue weighted by molar-refractivity contribution is -0.115. The van der Waals surface area contributed by atoms with Gasteiger partial charge in [-0.25, -0.2) is 0 Å². The quantitative estimate of drug-likeness (QED) is 0.815. The maximum absolute atomic E-state index is 11.2. The molecule has 1 amide bonds. The second-order valence-electron chi connectivity index (χ2n) is 3.84. The highest BCUT2D eigenvalue weighted by molar-refractivity contribution is 5.99. The molecular formula is C12H15NO2. The standard InChI is InChI=1S/C12H15NO2/c1-8-9(5-6-15-2)3-4-11-10(8)7-12(14)13-11/h3-4H,5-7H2,1-2H3,(H,13,14). The lowest BCUT2D eigenvalue weighted by Crippen LogP contribution is -2.03. The first-order valence-electron chi connectivity index (χ1n) is 5.12. The molecule has 0 aromatic heterocycles. The van der Waals surface area contributed by atoms with Crippen LogP contribution in [0.1, 0.15) is 16.7 Å². The molecule has 0 saturated carbocycles. The molecule has 1 heterocycles. The number of methoxy groups -OCH3 is 1. The van der Waals surface area contributed by atoms with Gasteiger partial charge in [-0.05, 0) is 36.1 Å². The number of amides is 1. The predicted octanol–water partition coefficient (Wildman–Crippen LogP) is 1.68. The van der Waals surface area contributed by atoms with Crippen molar-refractivity contribution in [2.24, 2.45) is 0 Å². The fraction of sp³-hybridized carbons (Fsp3) is 0.417. The third-order valence-corrected chi connectivity index (χ3v) is 2.90. The van der Waals surface area contributed by atoms with Crippen LogP contribution in [0.25, 0.3) is 0 Å². The number of hydrogen-bond donors (Lipinski definition) is 1. The molecule has 1 aromatic carbocycles. The van der Waals surface area contributed by atoms with Crippen molar-refractivity contribution in [2.75, 3.05) is 19.0 Å². The Kier molecular flexibility index (Phi) is 2.73. The van der Waals surface area contributed by atoms with E-state index in [2.05, 4.69) is 18.3 Å². The molecule has 15 heavy (non-hydrogen) atoms. The maximum atomic E-state index is 11.2. The van der Waals surface area contributed by atoms with Crippen LogP contribution in [0.3, 0.4) is 0 Å². The first-order valence-corrected chi connectivity index (χ1v) is 5.12. The third-order valence-electron chi connectivity index (χ3n) is 2.90. The van der Waals surface area contributed by atoms with Gasteiger partial charge in [0.05, 0.1) is 13.0 Å². The Bertz CT molecular complexity index is 399. The zero-order chi connectivity index (χ0) is 10.8. The SMILES string of the molecule is COCCc1ccc2c(c1C)CC(=O)N2. The molecule has 0 unspecified atom stereocenters. The summed E-state index contributed by atoms with van der Waals surface area (Å²) in [5, 5.41) is 2.85. The van der Waals surface area contributed by atoms with Crippen molar-refractivity contribution in [2.45, 2.75) is 19.8 Å². The van der Waals surface area contributed by atoms with E-state index in [0.29, 0.717) is 6.42 Å². The Morgan fingerprint density at radius 2 is 2.27 bits per heavy atom. The summed E-state index contributed by atoms with van der Waals surface area (Å²) >= 11 is 0. The molecule has 0 radical (unpaired) electrons. The molecule has 2 rings (SSSR count). The summed E-state index contributed by atoms with van der Waals surface area (Å²) in [6.45, 7) is 2.80. The van der Waals surface area contributed by atoms with Gasteiger partial charge in [0.25, 0.3) is 0 Å². The minimum Gasteiger partial charge on any atom is -0.384 e. The molecule has 0 fully saturated rings. The minimum absolute atomic E-state index is 0.0944. The highest BCUT2D eigenvalue weighted by Gasteiger charge is 2.20. The van der Waals surface area contributed by atoms with Crippen LogP contribution >= 0.6 is 0 Å². The molecule has 0 spiro atoms. The first-order chi connectivity index (χ1) is 7.22. The smallest absolute Gasteiger partial charge is 0.228 e. The Hall–Kier alpha value is -1.35. The van der Waals surface area contributed by atoms with Crippen LogP contribution < -0.4 is 5.32 Å². The van der Waals surface area contributed by atoms with E-state index in [1.165, 1.54) is 11.1 Å². The van der Waals surface area contributed by atoms with Crippen LogP contribution in [0.5, 0.6) is 0 Å². The largest absolute Gasteiger partial charge is 0.384 e. The second kappa shape index (κ2) is 4.03. The topological polar surface area (TPSA) is 38.3 Å². The van der Waals surface area contributed by atoms with Crippen LogP contribution in [0.4, 0.5) is 5.69 Å². The number of rotatable bonds is 3. The summed E-state index contributed by atoms with van der Waals surface area (Å²) in [4.78, 5) is 11.2. The van der Waals surface area contributed by atoms with Gasteiger partial charge in [-0.3, -0.25) is 4.79 Å². The van der Waals surface area contributed by atoms with E-state index in [9.17, 15) is 4.79 Å².